The summed E-state index contributed by atoms with van der Waals surface area (Å²) in [4.78, 5) is 12.8. The fourth-order valence-corrected chi connectivity index (χ4v) is 12.1. The summed E-state index contributed by atoms with van der Waals surface area (Å²) in [6.07, 6.45) is 22.0. The molecule has 5 aliphatic rings. The predicted octanol–water partition coefficient (Wildman–Crippen LogP) is 9.75. The summed E-state index contributed by atoms with van der Waals surface area (Å²) >= 11 is 0. The maximum atomic E-state index is 12.8. The van der Waals surface area contributed by atoms with Crippen LogP contribution in [0.4, 0.5) is 4.79 Å². The molecule has 276 valence electrons. The van der Waals surface area contributed by atoms with Crippen molar-refractivity contribution in [1.82, 2.24) is 5.32 Å². The smallest absolute Gasteiger partial charge is 0.407 e. The van der Waals surface area contributed by atoms with Crippen LogP contribution in [0.5, 0.6) is 0 Å². The molecule has 0 radical (unpaired) electrons. The molecular weight excluding hydrogens is 598 g/mol. The fourth-order valence-electron chi connectivity index (χ4n) is 12.1. The van der Waals surface area contributed by atoms with Gasteiger partial charge in [0.2, 0.25) is 0 Å². The fraction of sp³-hybridized carbons (Fsp3) is 0.929. The molecule has 0 aromatic heterocycles. The molecule has 0 aromatic carbocycles. The van der Waals surface area contributed by atoms with Gasteiger partial charge in [-0.25, -0.2) is 4.79 Å². The number of allylic oxidation sites excluding steroid dienone is 1. The molecule has 48 heavy (non-hydrogen) atoms. The van der Waals surface area contributed by atoms with Gasteiger partial charge in [0.1, 0.15) is 12.2 Å². The van der Waals surface area contributed by atoms with Crippen molar-refractivity contribution in [3.05, 3.63) is 11.6 Å². The minimum Gasteiger partial charge on any atom is -0.446 e. The summed E-state index contributed by atoms with van der Waals surface area (Å²) in [7, 11) is 0. The topological polar surface area (TPSA) is 88.0 Å². The van der Waals surface area contributed by atoms with E-state index in [0.717, 1.165) is 81.5 Å². The Morgan fingerprint density at radius 2 is 1.67 bits per heavy atom. The second-order valence-electron chi connectivity index (χ2n) is 18.6. The molecule has 3 saturated carbocycles. The number of rotatable bonds is 14. The highest BCUT2D eigenvalue weighted by atomic mass is 16.6. The summed E-state index contributed by atoms with van der Waals surface area (Å²) < 4.78 is 11.9. The Labute approximate surface area is 294 Å². The van der Waals surface area contributed by atoms with E-state index in [-0.39, 0.29) is 30.3 Å². The van der Waals surface area contributed by atoms with Gasteiger partial charge in [-0.3, -0.25) is 0 Å². The molecular formula is C42H73NO5. The number of carbonyl (C=O) groups is 1. The number of carbonyl (C=O) groups excluding carboxylic acids is 1. The lowest BCUT2D eigenvalue weighted by atomic mass is 9.36. The van der Waals surface area contributed by atoms with E-state index in [2.05, 4.69) is 59.9 Å². The first-order chi connectivity index (χ1) is 22.8. The maximum absolute atomic E-state index is 12.8. The maximum Gasteiger partial charge on any atom is 0.407 e. The Kier molecular flexibility index (Phi) is 12.4. The minimum atomic E-state index is -0.541. The zero-order valence-corrected chi connectivity index (χ0v) is 32.0. The highest BCUT2D eigenvalue weighted by molar-refractivity contribution is 5.67. The van der Waals surface area contributed by atoms with Crippen molar-refractivity contribution in [1.29, 1.82) is 0 Å². The van der Waals surface area contributed by atoms with Gasteiger partial charge in [0, 0.05) is 13.0 Å². The van der Waals surface area contributed by atoms with Gasteiger partial charge in [0.25, 0.3) is 0 Å². The van der Waals surface area contributed by atoms with E-state index in [1.165, 1.54) is 51.4 Å². The zero-order valence-electron chi connectivity index (χ0n) is 32.0. The average Bonchev–Trinajstić information content (AvgIpc) is 3.32. The largest absolute Gasteiger partial charge is 0.446 e. The van der Waals surface area contributed by atoms with Gasteiger partial charge in [-0.2, -0.15) is 0 Å². The van der Waals surface area contributed by atoms with Crippen molar-refractivity contribution < 1.29 is 24.5 Å². The van der Waals surface area contributed by atoms with Crippen LogP contribution in [0.3, 0.4) is 0 Å². The van der Waals surface area contributed by atoms with Gasteiger partial charge >= 0.3 is 6.09 Å². The zero-order chi connectivity index (χ0) is 34.7. The Morgan fingerprint density at radius 3 is 2.42 bits per heavy atom. The van der Waals surface area contributed by atoms with Crippen molar-refractivity contribution in [2.75, 3.05) is 13.2 Å². The Balaban J connectivity index is 1.07. The summed E-state index contributed by atoms with van der Waals surface area (Å²) in [5.74, 6) is 3.22. The average molecular weight is 672 g/mol. The molecule has 11 atom stereocenters. The third-order valence-electron chi connectivity index (χ3n) is 15.7. The number of alkyl carbamates (subject to hydrolysis) is 1. The van der Waals surface area contributed by atoms with Crippen LogP contribution in [0.2, 0.25) is 0 Å². The number of aliphatic hydroxyl groups is 2. The van der Waals surface area contributed by atoms with E-state index in [1.54, 1.807) is 5.57 Å². The molecule has 1 heterocycles. The van der Waals surface area contributed by atoms with Crippen LogP contribution in [-0.2, 0) is 9.47 Å². The lowest BCUT2D eigenvalue weighted by molar-refractivity contribution is -0.164. The van der Waals surface area contributed by atoms with Gasteiger partial charge in [-0.05, 0) is 116 Å². The van der Waals surface area contributed by atoms with E-state index in [1.807, 2.05) is 0 Å². The van der Waals surface area contributed by atoms with Crippen LogP contribution in [-0.4, -0.2) is 53.9 Å². The molecule has 0 bridgehead atoms. The lowest BCUT2D eigenvalue weighted by Crippen LogP contribution is -2.61. The molecule has 4 aliphatic carbocycles. The number of aliphatic hydroxyl groups excluding tert-OH is 2. The van der Waals surface area contributed by atoms with Crippen LogP contribution >= 0.6 is 0 Å². The van der Waals surface area contributed by atoms with Crippen LogP contribution < -0.4 is 5.32 Å². The van der Waals surface area contributed by atoms with Crippen molar-refractivity contribution in [3.63, 3.8) is 0 Å². The quantitative estimate of drug-likeness (QED) is 0.126. The first-order valence-electron chi connectivity index (χ1n) is 20.4. The number of fused-ring (bicyclic) bond motifs is 5. The Bertz CT molecular complexity index is 1110. The van der Waals surface area contributed by atoms with Crippen molar-refractivity contribution in [2.45, 2.75) is 188 Å². The molecule has 4 unspecified atom stereocenters. The predicted molar refractivity (Wildman–Crippen MR) is 195 cm³/mol. The third kappa shape index (κ3) is 7.43. The number of ether oxygens (including phenoxy) is 2. The van der Waals surface area contributed by atoms with Crippen molar-refractivity contribution in [2.24, 2.45) is 45.3 Å². The molecule has 0 spiro atoms. The Morgan fingerprint density at radius 1 is 0.917 bits per heavy atom. The molecule has 4 fully saturated rings. The Hall–Kier alpha value is -1.11. The summed E-state index contributed by atoms with van der Waals surface area (Å²) in [6, 6.07) is 0. The molecule has 5 rings (SSSR count). The van der Waals surface area contributed by atoms with Gasteiger partial charge in [-0.15, -0.1) is 0 Å². The molecule has 1 aliphatic heterocycles. The van der Waals surface area contributed by atoms with Crippen LogP contribution in [0, 0.1) is 45.3 Å². The van der Waals surface area contributed by atoms with E-state index in [0.29, 0.717) is 29.2 Å². The van der Waals surface area contributed by atoms with Gasteiger partial charge in [-0.1, -0.05) is 98.6 Å². The van der Waals surface area contributed by atoms with Gasteiger partial charge in [0.15, 0.2) is 0 Å². The number of hydrogen-bond donors (Lipinski definition) is 3. The van der Waals surface area contributed by atoms with Crippen molar-refractivity contribution >= 4 is 6.09 Å². The second kappa shape index (κ2) is 15.6. The van der Waals surface area contributed by atoms with Gasteiger partial charge < -0.3 is 25.0 Å². The highest BCUT2D eigenvalue weighted by Crippen LogP contribution is 2.76. The summed E-state index contributed by atoms with van der Waals surface area (Å²) in [5, 5.41) is 22.3. The third-order valence-corrected chi connectivity index (χ3v) is 15.7. The highest BCUT2D eigenvalue weighted by Gasteiger charge is 2.68. The SMILES string of the molecule is CC(C)CCC[C@H](C)[C@H]1CCC2(C)C3CC=C4CC(OC(=O)NCCCCCCC5CC[C@@H](O)[C@@H](CO)O5)CC[C@]4(C)[C@]3(C)CC[C@]12C. The summed E-state index contributed by atoms with van der Waals surface area (Å²) in [5.41, 5.74) is 2.90. The standard InChI is InChI=1S/C42H73NO5/c1-29(2)13-12-14-30(3)34-21-23-41(6)37-19-16-31-27-33(20-22-39(31,4)42(37,7)25-24-40(34,41)5)48-38(46)43-26-11-9-8-10-15-32-17-18-35(45)36(28-44)47-32/h16,29-30,32-37,44-45H,8-15,17-28H2,1-7H3,(H,43,46)/t30-,32?,33?,34+,35+,36+,37?,39-,40+,41?,42+/m0/s1. The van der Waals surface area contributed by atoms with Gasteiger partial charge in [0.05, 0.1) is 18.8 Å². The van der Waals surface area contributed by atoms with Crippen LogP contribution in [0.25, 0.3) is 0 Å². The second-order valence-corrected chi connectivity index (χ2v) is 18.6. The molecule has 6 nitrogen and oxygen atoms in total. The van der Waals surface area contributed by atoms with E-state index in [9.17, 15) is 15.0 Å². The summed E-state index contributed by atoms with van der Waals surface area (Å²) in [6.45, 7) is 18.5. The molecule has 1 amide bonds. The van der Waals surface area contributed by atoms with E-state index >= 15 is 0 Å². The lowest BCUT2D eigenvalue weighted by Gasteiger charge is -2.68. The monoisotopic (exact) mass is 672 g/mol. The van der Waals surface area contributed by atoms with Crippen molar-refractivity contribution in [3.8, 4) is 0 Å². The first-order valence-corrected chi connectivity index (χ1v) is 20.4. The minimum absolute atomic E-state index is 0.0202. The van der Waals surface area contributed by atoms with Crippen LogP contribution in [0.1, 0.15) is 164 Å². The molecule has 6 heteroatoms. The number of amides is 1. The molecule has 0 aromatic rings. The van der Waals surface area contributed by atoms with Crippen LogP contribution in [0.15, 0.2) is 11.6 Å². The number of unbranched alkanes of at least 4 members (excludes halogenated alkanes) is 3. The first kappa shape index (κ1) is 38.1. The number of hydrogen-bond acceptors (Lipinski definition) is 5. The van der Waals surface area contributed by atoms with E-state index < -0.39 is 12.2 Å². The number of nitrogens with one attached hydrogen (secondary N) is 1. The molecule has 1 saturated heterocycles. The van der Waals surface area contributed by atoms with E-state index in [4.69, 9.17) is 9.47 Å². The molecule has 3 N–H and O–H groups in total. The normalized spacial score (nSPS) is 41.6.